The zero-order valence-corrected chi connectivity index (χ0v) is 37.6. The van der Waals surface area contributed by atoms with E-state index in [1.54, 1.807) is 34.4 Å². The molecule has 0 aliphatic heterocycles. The van der Waals surface area contributed by atoms with Gasteiger partial charge in [0.2, 0.25) is 23.7 Å². The quantitative estimate of drug-likeness (QED) is 0.0438. The maximum Gasteiger partial charge on any atom is 0.246 e. The number of anilines is 4. The summed E-state index contributed by atoms with van der Waals surface area (Å²) in [6.45, 7) is -0.528. The monoisotopic (exact) mass is 942 g/mol. The highest BCUT2D eigenvalue weighted by atomic mass is 16.3. The van der Waals surface area contributed by atoms with Crippen molar-refractivity contribution in [2.45, 2.75) is 112 Å². The molecule has 3 fully saturated rings. The number of aliphatic hydroxyl groups is 6. The number of fused-ring (bicyclic) bond motifs is 2. The molecule has 0 radical (unpaired) electrons. The number of hydrogen-bond donors (Lipinski definition) is 12. The van der Waals surface area contributed by atoms with Crippen LogP contribution in [0.4, 0.5) is 23.5 Å². The third kappa shape index (κ3) is 9.86. The second kappa shape index (κ2) is 19.9. The molecule has 3 saturated carbocycles. The molecule has 12 N–H and O–H groups in total. The van der Waals surface area contributed by atoms with Crippen LogP contribution in [0.25, 0.3) is 22.3 Å². The predicted octanol–water partition coefficient (Wildman–Crippen LogP) is -2.14. The van der Waals surface area contributed by atoms with E-state index in [1.165, 1.54) is 0 Å². The van der Waals surface area contributed by atoms with Gasteiger partial charge in [0, 0.05) is 64.5 Å². The molecule has 9 rings (SSSR count). The van der Waals surface area contributed by atoms with Crippen molar-refractivity contribution < 1.29 is 40.2 Å². The van der Waals surface area contributed by atoms with Gasteiger partial charge in [-0.2, -0.15) is 19.9 Å². The molecule has 364 valence electrons. The van der Waals surface area contributed by atoms with E-state index in [0.717, 1.165) is 37.1 Å². The number of rotatable bonds is 18. The molecule has 68 heavy (non-hydrogen) atoms. The first-order chi connectivity index (χ1) is 32.8. The third-order valence-electron chi connectivity index (χ3n) is 13.1. The van der Waals surface area contributed by atoms with Gasteiger partial charge in [0.05, 0.1) is 60.9 Å². The van der Waals surface area contributed by atoms with E-state index >= 15 is 0 Å². The van der Waals surface area contributed by atoms with Gasteiger partial charge < -0.3 is 80.8 Å². The second-order valence-electron chi connectivity index (χ2n) is 17.9. The smallest absolute Gasteiger partial charge is 0.246 e. The van der Waals surface area contributed by atoms with Gasteiger partial charge >= 0.3 is 0 Å². The topological polar surface area (TPSA) is 351 Å². The summed E-state index contributed by atoms with van der Waals surface area (Å²) in [5, 5.41) is 81.6. The van der Waals surface area contributed by atoms with Gasteiger partial charge in [-0.3, -0.25) is 9.59 Å². The summed E-state index contributed by atoms with van der Waals surface area (Å²) in [5.74, 6) is 0.322. The van der Waals surface area contributed by atoms with Gasteiger partial charge in [-0.15, -0.1) is 0 Å². The van der Waals surface area contributed by atoms with Crippen LogP contribution in [0.1, 0.15) is 62.0 Å². The highest BCUT2D eigenvalue weighted by Crippen LogP contribution is 2.37. The van der Waals surface area contributed by atoms with Crippen molar-refractivity contribution in [3.63, 3.8) is 0 Å². The zero-order valence-electron chi connectivity index (χ0n) is 37.6. The summed E-state index contributed by atoms with van der Waals surface area (Å²) in [6.07, 6.45) is 9.87. The minimum absolute atomic E-state index is 0.0161. The molecule has 6 aromatic rings. The van der Waals surface area contributed by atoms with Gasteiger partial charge in [-0.05, 0) is 38.5 Å². The molecule has 0 saturated heterocycles. The molecule has 0 unspecified atom stereocenters. The summed E-state index contributed by atoms with van der Waals surface area (Å²) in [5.41, 5.74) is 3.56. The van der Waals surface area contributed by atoms with Crippen LogP contribution in [-0.4, -0.2) is 175 Å². The first-order valence-electron chi connectivity index (χ1n) is 22.8. The highest BCUT2D eigenvalue weighted by Gasteiger charge is 2.45. The van der Waals surface area contributed by atoms with Gasteiger partial charge in [0.25, 0.3) is 0 Å². The van der Waals surface area contributed by atoms with E-state index in [-0.39, 0.29) is 24.9 Å². The Hall–Kier alpha value is -6.58. The molecule has 26 heteroatoms. The first kappa shape index (κ1) is 46.5. The molecule has 8 atom stereocenters. The summed E-state index contributed by atoms with van der Waals surface area (Å²) in [7, 11) is 3.81. The molecule has 3 aliphatic rings. The fraction of sp³-hybridized carbons (Fsp3) is 0.571. The Bertz CT molecular complexity index is 2530. The van der Waals surface area contributed by atoms with Crippen LogP contribution in [-0.2, 0) is 36.5 Å². The Labute approximate surface area is 388 Å². The third-order valence-corrected chi connectivity index (χ3v) is 13.1. The number of aryl methyl sites for hydroxylation is 2. The molecule has 0 bridgehead atoms. The largest absolute Gasteiger partial charge is 0.388 e. The zero-order chi connectivity index (χ0) is 47.6. The normalized spacial score (nSPS) is 26.1. The number of nitrogens with one attached hydrogen (secondary N) is 6. The summed E-state index contributed by atoms with van der Waals surface area (Å²) >= 11 is 0. The molecule has 0 aromatic carbocycles. The number of carbonyl (C=O) groups excluding carboxylic acids is 2. The lowest BCUT2D eigenvalue weighted by atomic mass is 9.91. The molecular formula is C42H58N18O8. The SMILES string of the molecule is Cn1cnc(CCNc2nc(N[C@H]3CC[C@H](Nc4nc(NCCc5cn(C)cn5)nc5c4ncn5[C@@H]4C[C@H](NC(=O)CO)[C@@H](O)[C@H]4O)CC3)c3ncn([C@@H]4C[C@H](NC(=O)CO)[C@@H](O)[C@H]4O)c3n2)c1. The van der Waals surface area contributed by atoms with Crippen molar-refractivity contribution >= 4 is 57.7 Å². The van der Waals surface area contributed by atoms with Crippen LogP contribution in [0.15, 0.2) is 37.7 Å². The minimum atomic E-state index is -1.28. The van der Waals surface area contributed by atoms with Gasteiger partial charge in [-0.25, -0.2) is 19.9 Å². The average molecular weight is 943 g/mol. The van der Waals surface area contributed by atoms with E-state index in [4.69, 9.17) is 19.9 Å². The Morgan fingerprint density at radius 3 is 1.37 bits per heavy atom. The van der Waals surface area contributed by atoms with Crippen LogP contribution >= 0.6 is 0 Å². The van der Waals surface area contributed by atoms with Crippen molar-refractivity contribution in [1.82, 2.24) is 68.8 Å². The van der Waals surface area contributed by atoms with Crippen LogP contribution in [0.3, 0.4) is 0 Å². The first-order valence-corrected chi connectivity index (χ1v) is 22.8. The number of imidazole rings is 4. The van der Waals surface area contributed by atoms with E-state index in [0.29, 0.717) is 71.8 Å². The number of carbonyl (C=O) groups is 2. The summed E-state index contributed by atoms with van der Waals surface area (Å²) in [4.78, 5) is 61.5. The highest BCUT2D eigenvalue weighted by molar-refractivity contribution is 5.86. The van der Waals surface area contributed by atoms with Gasteiger partial charge in [0.1, 0.15) is 37.6 Å². The van der Waals surface area contributed by atoms with E-state index < -0.39 is 73.6 Å². The standard InChI is InChI=1S/C42H58N18O8/c1-57-13-23(45-17-57)7-9-43-41-53-37(31-39(55-41)59(19-47-31)27-11-25(33(65)35(27)67)51-29(63)15-61)49-21-3-5-22(6-4-21)50-38-32-40(56-42(54-38)44-10-8-24-14-58(2)18-46-24)60(20-48-32)28-12-26(34(66)36(28)68)52-30(64)16-62/h13-14,17-22,25-28,33-36,61-62,65-68H,3-12,15-16H2,1-2H3,(H,51,63)(H,52,64)(H2,43,49,53,55)(H2,44,50,54,56)/t21-,22-,25-,26-,27+,28+,33+,34+,35-,36-/m0/s1. The second-order valence-corrected chi connectivity index (χ2v) is 17.9. The summed E-state index contributed by atoms with van der Waals surface area (Å²) in [6, 6.07) is -3.00. The van der Waals surface area contributed by atoms with Crippen LogP contribution in [0.2, 0.25) is 0 Å². The Balaban J connectivity index is 0.926. The lowest BCUT2D eigenvalue weighted by Gasteiger charge is -2.30. The number of hydrogen-bond acceptors (Lipinski definition) is 20. The van der Waals surface area contributed by atoms with Crippen molar-refractivity contribution in [3.05, 3.63) is 49.1 Å². The van der Waals surface area contributed by atoms with Crippen molar-refractivity contribution in [2.24, 2.45) is 14.1 Å². The Morgan fingerprint density at radius 1 is 0.588 bits per heavy atom. The van der Waals surface area contributed by atoms with Crippen molar-refractivity contribution in [2.75, 3.05) is 47.6 Å². The number of nitrogens with zero attached hydrogens (tertiary/aromatic N) is 12. The lowest BCUT2D eigenvalue weighted by Crippen LogP contribution is -2.44. The van der Waals surface area contributed by atoms with Crippen LogP contribution in [0.5, 0.6) is 0 Å². The summed E-state index contributed by atoms with van der Waals surface area (Å²) < 4.78 is 7.14. The Kier molecular flexibility index (Phi) is 13.6. The van der Waals surface area contributed by atoms with E-state index in [2.05, 4.69) is 51.8 Å². The fourth-order valence-electron chi connectivity index (χ4n) is 9.60. The maximum atomic E-state index is 12.0. The molecule has 6 aromatic heterocycles. The molecule has 26 nitrogen and oxygen atoms in total. The lowest BCUT2D eigenvalue weighted by molar-refractivity contribution is -0.126. The molecule has 3 aliphatic carbocycles. The molecule has 2 amide bonds. The molecule has 6 heterocycles. The average Bonchev–Trinajstić information content (AvgIpc) is 4.21. The Morgan fingerprint density at radius 2 is 1.00 bits per heavy atom. The fourth-order valence-corrected chi connectivity index (χ4v) is 9.60. The molecular weight excluding hydrogens is 885 g/mol. The van der Waals surface area contributed by atoms with Crippen molar-refractivity contribution in [3.8, 4) is 0 Å². The maximum absolute atomic E-state index is 12.0. The number of aromatic nitrogens is 12. The molecule has 0 spiro atoms. The van der Waals surface area contributed by atoms with Crippen molar-refractivity contribution in [1.29, 1.82) is 0 Å². The predicted molar refractivity (Wildman–Crippen MR) is 244 cm³/mol. The minimum Gasteiger partial charge on any atom is -0.388 e. The van der Waals surface area contributed by atoms with Gasteiger partial charge in [-0.1, -0.05) is 0 Å². The van der Waals surface area contributed by atoms with E-state index in [9.17, 15) is 40.2 Å². The number of aliphatic hydroxyl groups excluding tert-OH is 6. The van der Waals surface area contributed by atoms with E-state index in [1.807, 2.05) is 35.6 Å². The van der Waals surface area contributed by atoms with Crippen LogP contribution < -0.4 is 31.9 Å². The van der Waals surface area contributed by atoms with Crippen LogP contribution in [0, 0.1) is 0 Å². The number of amides is 2. The van der Waals surface area contributed by atoms with Gasteiger partial charge in [0.15, 0.2) is 34.0 Å².